The summed E-state index contributed by atoms with van der Waals surface area (Å²) in [6.45, 7) is 0. The molecule has 90 valence electrons. The fourth-order valence-electron chi connectivity index (χ4n) is 1.50. The molecule has 5 heteroatoms. The van der Waals surface area contributed by atoms with Gasteiger partial charge in [0.2, 0.25) is 0 Å². The van der Waals surface area contributed by atoms with Gasteiger partial charge >= 0.3 is 6.09 Å². The van der Waals surface area contributed by atoms with E-state index in [9.17, 15) is 4.79 Å². The number of benzene rings is 1. The Labute approximate surface area is 105 Å². The topological polar surface area (TPSA) is 76.1 Å². The minimum absolute atomic E-state index is 0.0496. The molecule has 1 rings (SSSR count). The van der Waals surface area contributed by atoms with E-state index >= 15 is 0 Å². The van der Waals surface area contributed by atoms with Crippen molar-refractivity contribution in [2.45, 2.75) is 12.5 Å². The number of nitriles is 1. The molecule has 0 aliphatic rings. The number of nitrogens with zero attached hydrogens (tertiary/aromatic N) is 1. The molecule has 0 aliphatic heterocycles. The van der Waals surface area contributed by atoms with E-state index in [1.807, 2.05) is 30.3 Å². The molecule has 0 radical (unpaired) electrons. The molecule has 0 aliphatic carbocycles. The Morgan fingerprint density at radius 1 is 1.47 bits per heavy atom. The first-order valence-electron chi connectivity index (χ1n) is 5.13. The number of alkyl halides is 1. The van der Waals surface area contributed by atoms with Gasteiger partial charge in [0.05, 0.1) is 17.9 Å². The zero-order chi connectivity index (χ0) is 12.7. The Bertz CT molecular complexity index is 403. The minimum Gasteiger partial charge on any atom is -0.444 e. The highest BCUT2D eigenvalue weighted by molar-refractivity contribution is 6.18. The number of hydrogen-bond acceptors (Lipinski definition) is 3. The van der Waals surface area contributed by atoms with Crippen molar-refractivity contribution < 1.29 is 9.53 Å². The summed E-state index contributed by atoms with van der Waals surface area (Å²) in [6.07, 6.45) is -1.12. The maximum atomic E-state index is 10.7. The predicted molar refractivity (Wildman–Crippen MR) is 64.4 cm³/mol. The van der Waals surface area contributed by atoms with Crippen LogP contribution >= 0.6 is 11.6 Å². The molecule has 4 nitrogen and oxygen atoms in total. The lowest BCUT2D eigenvalue weighted by Gasteiger charge is -2.19. The fraction of sp³-hybridized carbons (Fsp3) is 0.333. The first-order valence-corrected chi connectivity index (χ1v) is 5.66. The number of amides is 1. The van der Waals surface area contributed by atoms with Crippen LogP contribution in [-0.2, 0) is 11.2 Å². The van der Waals surface area contributed by atoms with Crippen molar-refractivity contribution in [2.75, 3.05) is 5.88 Å². The average molecular weight is 253 g/mol. The van der Waals surface area contributed by atoms with Gasteiger partial charge in [-0.2, -0.15) is 5.26 Å². The normalized spacial score (nSPS) is 13.4. The quantitative estimate of drug-likeness (QED) is 0.815. The van der Waals surface area contributed by atoms with Crippen LogP contribution in [0.5, 0.6) is 0 Å². The lowest BCUT2D eigenvalue weighted by molar-refractivity contribution is 0.0965. The van der Waals surface area contributed by atoms with Gasteiger partial charge in [0, 0.05) is 0 Å². The second kappa shape index (κ2) is 6.77. The monoisotopic (exact) mass is 252 g/mol. The van der Waals surface area contributed by atoms with Crippen LogP contribution in [0.1, 0.15) is 5.56 Å². The number of carbonyl (C=O) groups is 1. The van der Waals surface area contributed by atoms with Crippen LogP contribution in [-0.4, -0.2) is 18.1 Å². The zero-order valence-electron chi connectivity index (χ0n) is 9.17. The minimum atomic E-state index is -0.913. The van der Waals surface area contributed by atoms with Crippen LogP contribution in [0.3, 0.4) is 0 Å². The number of carbonyl (C=O) groups excluding carboxylic acids is 1. The van der Waals surface area contributed by atoms with Gasteiger partial charge in [0.15, 0.2) is 0 Å². The van der Waals surface area contributed by atoms with Gasteiger partial charge in [-0.1, -0.05) is 30.3 Å². The molecular formula is C12H13ClN2O2. The molecule has 0 spiro atoms. The molecule has 0 heterocycles. The van der Waals surface area contributed by atoms with E-state index in [1.165, 1.54) is 0 Å². The molecule has 1 aromatic carbocycles. The van der Waals surface area contributed by atoms with Crippen LogP contribution in [0.4, 0.5) is 4.79 Å². The maximum Gasteiger partial charge on any atom is 0.404 e. The molecule has 0 aromatic heterocycles. The summed E-state index contributed by atoms with van der Waals surface area (Å²) in [6, 6.07) is 11.6. The number of ether oxygens (including phenoxy) is 1. The van der Waals surface area contributed by atoms with Crippen LogP contribution in [0, 0.1) is 17.2 Å². The summed E-state index contributed by atoms with van der Waals surface area (Å²) < 4.78 is 4.81. The highest BCUT2D eigenvalue weighted by Crippen LogP contribution is 2.16. The highest BCUT2D eigenvalue weighted by atomic mass is 35.5. The Hall–Kier alpha value is -1.73. The van der Waals surface area contributed by atoms with Crippen molar-refractivity contribution in [3.05, 3.63) is 35.9 Å². The van der Waals surface area contributed by atoms with Crippen LogP contribution in [0.25, 0.3) is 0 Å². The molecule has 2 atom stereocenters. The lowest BCUT2D eigenvalue weighted by Crippen LogP contribution is -2.31. The molecule has 2 N–H and O–H groups in total. The Morgan fingerprint density at radius 2 is 2.12 bits per heavy atom. The smallest absolute Gasteiger partial charge is 0.404 e. The standard InChI is InChI=1S/C12H13ClN2O2/c13-7-11(17-12(15)16)10(8-14)6-9-4-2-1-3-5-9/h1-5,10-11H,6-7H2,(H2,15,16). The van der Waals surface area contributed by atoms with E-state index in [1.54, 1.807) is 0 Å². The van der Waals surface area contributed by atoms with E-state index in [0.717, 1.165) is 5.56 Å². The summed E-state index contributed by atoms with van der Waals surface area (Å²) in [5.41, 5.74) is 5.91. The van der Waals surface area contributed by atoms with Crippen molar-refractivity contribution in [3.8, 4) is 6.07 Å². The van der Waals surface area contributed by atoms with E-state index in [-0.39, 0.29) is 5.88 Å². The van der Waals surface area contributed by atoms with Gasteiger partial charge in [-0.25, -0.2) is 4.79 Å². The summed E-state index contributed by atoms with van der Waals surface area (Å²) in [5, 5.41) is 9.06. The Balaban J connectivity index is 2.70. The zero-order valence-corrected chi connectivity index (χ0v) is 9.93. The van der Waals surface area contributed by atoms with E-state index in [4.69, 9.17) is 27.3 Å². The predicted octanol–water partition coefficient (Wildman–Crippen LogP) is 2.07. The number of nitrogens with two attached hydrogens (primary N) is 1. The molecule has 17 heavy (non-hydrogen) atoms. The third-order valence-electron chi connectivity index (χ3n) is 2.33. The van der Waals surface area contributed by atoms with E-state index in [2.05, 4.69) is 6.07 Å². The van der Waals surface area contributed by atoms with Crippen molar-refractivity contribution in [1.82, 2.24) is 0 Å². The summed E-state index contributed by atoms with van der Waals surface area (Å²) in [7, 11) is 0. The first kappa shape index (κ1) is 13.3. The number of rotatable bonds is 5. The van der Waals surface area contributed by atoms with Crippen LogP contribution in [0.2, 0.25) is 0 Å². The molecule has 0 fully saturated rings. The van der Waals surface area contributed by atoms with Gasteiger partial charge in [-0.05, 0) is 12.0 Å². The summed E-state index contributed by atoms with van der Waals surface area (Å²) >= 11 is 5.67. The third-order valence-corrected chi connectivity index (χ3v) is 2.64. The fourth-order valence-corrected chi connectivity index (χ4v) is 1.78. The van der Waals surface area contributed by atoms with Gasteiger partial charge in [0.25, 0.3) is 0 Å². The van der Waals surface area contributed by atoms with E-state index in [0.29, 0.717) is 6.42 Å². The molecule has 1 aromatic rings. The largest absolute Gasteiger partial charge is 0.444 e. The molecule has 0 saturated heterocycles. The maximum absolute atomic E-state index is 10.7. The summed E-state index contributed by atoms with van der Waals surface area (Å²) in [5.74, 6) is -0.448. The molecule has 0 saturated carbocycles. The average Bonchev–Trinajstić information content (AvgIpc) is 2.34. The first-order chi connectivity index (χ1) is 8.17. The molecule has 1 amide bonds. The highest BCUT2D eigenvalue weighted by Gasteiger charge is 2.23. The molecular weight excluding hydrogens is 240 g/mol. The third kappa shape index (κ3) is 4.33. The second-order valence-electron chi connectivity index (χ2n) is 3.55. The molecule has 0 bridgehead atoms. The SMILES string of the molecule is N#CC(Cc1ccccc1)C(CCl)OC(N)=O. The lowest BCUT2D eigenvalue weighted by atomic mass is 9.96. The summed E-state index contributed by atoms with van der Waals surface area (Å²) in [4.78, 5) is 10.7. The number of hydrogen-bond donors (Lipinski definition) is 1. The van der Waals surface area contributed by atoms with Crippen molar-refractivity contribution >= 4 is 17.7 Å². The van der Waals surface area contributed by atoms with Crippen molar-refractivity contribution in [1.29, 1.82) is 5.26 Å². The van der Waals surface area contributed by atoms with E-state index < -0.39 is 18.1 Å². The number of primary amides is 1. The van der Waals surface area contributed by atoms with Gasteiger partial charge in [-0.3, -0.25) is 0 Å². The number of halogens is 1. The Kier molecular flexibility index (Phi) is 5.31. The second-order valence-corrected chi connectivity index (χ2v) is 3.86. The van der Waals surface area contributed by atoms with Gasteiger partial charge in [0.1, 0.15) is 6.10 Å². The van der Waals surface area contributed by atoms with Crippen molar-refractivity contribution in [3.63, 3.8) is 0 Å². The van der Waals surface area contributed by atoms with Crippen molar-refractivity contribution in [2.24, 2.45) is 11.7 Å². The van der Waals surface area contributed by atoms with Gasteiger partial charge < -0.3 is 10.5 Å². The van der Waals surface area contributed by atoms with Gasteiger partial charge in [-0.15, -0.1) is 11.6 Å². The van der Waals surface area contributed by atoms with Crippen LogP contribution < -0.4 is 5.73 Å². The Morgan fingerprint density at radius 3 is 2.59 bits per heavy atom. The molecule has 2 unspecified atom stereocenters. The van der Waals surface area contributed by atoms with Crippen LogP contribution in [0.15, 0.2) is 30.3 Å².